The van der Waals surface area contributed by atoms with E-state index in [2.05, 4.69) is 42.5 Å². The summed E-state index contributed by atoms with van der Waals surface area (Å²) in [6.45, 7) is 7.23. The van der Waals surface area contributed by atoms with E-state index < -0.39 is 5.97 Å². The predicted molar refractivity (Wildman–Crippen MR) is 93.2 cm³/mol. The topological polar surface area (TPSA) is 55.1 Å². The number of unbranched alkanes of at least 4 members (excludes halogenated alkanes) is 1. The molecule has 2 heterocycles. The van der Waals surface area contributed by atoms with Crippen molar-refractivity contribution >= 4 is 27.8 Å². The van der Waals surface area contributed by atoms with E-state index >= 15 is 0 Å². The molecule has 0 amide bonds. The molecule has 3 aromatic rings. The van der Waals surface area contributed by atoms with Gasteiger partial charge in [-0.1, -0.05) is 45.4 Å². The molecule has 1 N–H and O–H groups in total. The number of aromatic nitrogens is 2. The molecule has 0 aliphatic rings. The molecule has 1 aromatic carbocycles. The van der Waals surface area contributed by atoms with Crippen LogP contribution in [0.25, 0.3) is 21.8 Å². The first-order valence-corrected chi connectivity index (χ1v) is 8.19. The summed E-state index contributed by atoms with van der Waals surface area (Å²) in [6.07, 6.45) is 2.21. The minimum Gasteiger partial charge on any atom is -0.477 e. The Kier molecular flexibility index (Phi) is 4.07. The number of nitrogens with zero attached hydrogens (tertiary/aromatic N) is 2. The van der Waals surface area contributed by atoms with Crippen molar-refractivity contribution in [2.75, 3.05) is 0 Å². The van der Waals surface area contributed by atoms with Crippen molar-refractivity contribution < 1.29 is 9.90 Å². The maximum Gasteiger partial charge on any atom is 0.354 e. The van der Waals surface area contributed by atoms with Crippen LogP contribution in [-0.4, -0.2) is 20.6 Å². The third-order valence-corrected chi connectivity index (χ3v) is 4.28. The van der Waals surface area contributed by atoms with Gasteiger partial charge in [0, 0.05) is 22.8 Å². The van der Waals surface area contributed by atoms with Crippen molar-refractivity contribution in [3.63, 3.8) is 0 Å². The highest BCUT2D eigenvalue weighted by molar-refractivity contribution is 6.10. The number of benzene rings is 1. The quantitative estimate of drug-likeness (QED) is 0.735. The minimum atomic E-state index is -0.973. The Morgan fingerprint density at radius 1 is 1.26 bits per heavy atom. The van der Waals surface area contributed by atoms with Crippen LogP contribution in [0.1, 0.15) is 55.7 Å². The Bertz CT molecular complexity index is 878. The normalized spacial score (nSPS) is 11.7. The molecule has 3 rings (SSSR count). The fourth-order valence-electron chi connectivity index (χ4n) is 3.16. The van der Waals surface area contributed by atoms with Crippen molar-refractivity contribution in [1.82, 2.24) is 9.55 Å². The van der Waals surface area contributed by atoms with Gasteiger partial charge in [0.15, 0.2) is 0 Å². The maximum absolute atomic E-state index is 11.5. The number of pyridine rings is 1. The van der Waals surface area contributed by atoms with E-state index in [9.17, 15) is 9.90 Å². The second-order valence-corrected chi connectivity index (χ2v) is 6.27. The Hall–Kier alpha value is -2.36. The average Bonchev–Trinajstić information content (AvgIpc) is 2.86. The van der Waals surface area contributed by atoms with Gasteiger partial charge in [0.2, 0.25) is 0 Å². The molecule has 0 fully saturated rings. The molecule has 0 saturated carbocycles. The lowest BCUT2D eigenvalue weighted by atomic mass is 10.0. The zero-order chi connectivity index (χ0) is 16.6. The average molecular weight is 310 g/mol. The standard InChI is InChI=1S/C19H22N2O2/c1-4-5-10-21-16-9-7-6-8-13(16)14-11-15(19(22)23)20-17(12(2)3)18(14)21/h6-9,11-12H,4-5,10H2,1-3H3,(H,22,23). The molecule has 120 valence electrons. The molecule has 0 atom stereocenters. The lowest BCUT2D eigenvalue weighted by molar-refractivity contribution is 0.0690. The Balaban J connectivity index is 2.44. The number of hydrogen-bond acceptors (Lipinski definition) is 2. The predicted octanol–water partition coefficient (Wildman–Crippen LogP) is 4.81. The minimum absolute atomic E-state index is 0.125. The molecule has 4 nitrogen and oxygen atoms in total. The van der Waals surface area contributed by atoms with Gasteiger partial charge < -0.3 is 9.67 Å². The van der Waals surface area contributed by atoms with Crippen LogP contribution >= 0.6 is 0 Å². The smallest absolute Gasteiger partial charge is 0.354 e. The number of para-hydroxylation sites is 1. The van der Waals surface area contributed by atoms with Crippen LogP contribution in [0.4, 0.5) is 0 Å². The highest BCUT2D eigenvalue weighted by atomic mass is 16.4. The number of carboxylic acid groups (broad SMARTS) is 1. The molecule has 0 aliphatic carbocycles. The maximum atomic E-state index is 11.5. The van der Waals surface area contributed by atoms with E-state index in [1.165, 1.54) is 0 Å². The highest BCUT2D eigenvalue weighted by Gasteiger charge is 2.20. The monoisotopic (exact) mass is 310 g/mol. The molecule has 4 heteroatoms. The van der Waals surface area contributed by atoms with E-state index in [0.717, 1.165) is 46.9 Å². The van der Waals surface area contributed by atoms with E-state index in [1.54, 1.807) is 6.07 Å². The van der Waals surface area contributed by atoms with E-state index in [4.69, 9.17) is 0 Å². The Labute approximate surface area is 135 Å². The highest BCUT2D eigenvalue weighted by Crippen LogP contribution is 2.34. The van der Waals surface area contributed by atoms with Crippen LogP contribution in [0.3, 0.4) is 0 Å². The van der Waals surface area contributed by atoms with Gasteiger partial charge in [0.05, 0.1) is 11.2 Å². The van der Waals surface area contributed by atoms with Gasteiger partial charge in [-0.25, -0.2) is 9.78 Å². The molecule has 0 spiro atoms. The lowest BCUT2D eigenvalue weighted by Gasteiger charge is -2.13. The molecule has 2 aromatic heterocycles. The molecular weight excluding hydrogens is 288 g/mol. The second kappa shape index (κ2) is 6.03. The molecular formula is C19H22N2O2. The first kappa shape index (κ1) is 15.5. The van der Waals surface area contributed by atoms with Crippen LogP contribution in [0.15, 0.2) is 30.3 Å². The van der Waals surface area contributed by atoms with E-state index in [0.29, 0.717) is 0 Å². The first-order valence-electron chi connectivity index (χ1n) is 8.19. The second-order valence-electron chi connectivity index (χ2n) is 6.27. The summed E-state index contributed by atoms with van der Waals surface area (Å²) in [5, 5.41) is 11.5. The summed E-state index contributed by atoms with van der Waals surface area (Å²) < 4.78 is 2.31. The number of carbonyl (C=O) groups is 1. The number of fused-ring (bicyclic) bond motifs is 3. The summed E-state index contributed by atoms with van der Waals surface area (Å²) >= 11 is 0. The largest absolute Gasteiger partial charge is 0.477 e. The van der Waals surface area contributed by atoms with Crippen LogP contribution in [0.5, 0.6) is 0 Å². The van der Waals surface area contributed by atoms with Gasteiger partial charge in [-0.3, -0.25) is 0 Å². The Morgan fingerprint density at radius 3 is 2.65 bits per heavy atom. The molecule has 0 bridgehead atoms. The number of aryl methyl sites for hydroxylation is 1. The summed E-state index contributed by atoms with van der Waals surface area (Å²) in [7, 11) is 0. The van der Waals surface area contributed by atoms with E-state index in [1.807, 2.05) is 12.1 Å². The third kappa shape index (κ3) is 2.58. The molecule has 23 heavy (non-hydrogen) atoms. The fraction of sp³-hybridized carbons (Fsp3) is 0.368. The Morgan fingerprint density at radius 2 is 2.00 bits per heavy atom. The molecule has 0 radical (unpaired) electrons. The zero-order valence-electron chi connectivity index (χ0n) is 13.8. The summed E-state index contributed by atoms with van der Waals surface area (Å²) in [4.78, 5) is 15.9. The van der Waals surface area contributed by atoms with Crippen molar-refractivity contribution in [2.45, 2.75) is 46.1 Å². The van der Waals surface area contributed by atoms with Crippen molar-refractivity contribution in [2.24, 2.45) is 0 Å². The van der Waals surface area contributed by atoms with Crippen LogP contribution in [0.2, 0.25) is 0 Å². The van der Waals surface area contributed by atoms with Crippen molar-refractivity contribution in [1.29, 1.82) is 0 Å². The molecule has 0 aliphatic heterocycles. The van der Waals surface area contributed by atoms with Gasteiger partial charge >= 0.3 is 5.97 Å². The summed E-state index contributed by atoms with van der Waals surface area (Å²) in [6, 6.07) is 9.92. The number of carboxylic acids is 1. The van der Waals surface area contributed by atoms with Crippen LogP contribution in [0, 0.1) is 0 Å². The van der Waals surface area contributed by atoms with Crippen LogP contribution < -0.4 is 0 Å². The fourth-order valence-corrected chi connectivity index (χ4v) is 3.16. The number of aromatic carboxylic acids is 1. The third-order valence-electron chi connectivity index (χ3n) is 4.28. The van der Waals surface area contributed by atoms with Crippen LogP contribution in [-0.2, 0) is 6.54 Å². The van der Waals surface area contributed by atoms with Gasteiger partial charge in [-0.15, -0.1) is 0 Å². The van der Waals surface area contributed by atoms with E-state index in [-0.39, 0.29) is 11.6 Å². The zero-order valence-corrected chi connectivity index (χ0v) is 13.8. The number of hydrogen-bond donors (Lipinski definition) is 1. The molecule has 0 saturated heterocycles. The molecule has 0 unspecified atom stereocenters. The van der Waals surface area contributed by atoms with Crippen molar-refractivity contribution in [3.05, 3.63) is 41.7 Å². The van der Waals surface area contributed by atoms with Gasteiger partial charge in [0.25, 0.3) is 0 Å². The first-order chi connectivity index (χ1) is 11.0. The summed E-state index contributed by atoms with van der Waals surface area (Å²) in [5.41, 5.74) is 3.23. The summed E-state index contributed by atoms with van der Waals surface area (Å²) in [5.74, 6) is -0.805. The SMILES string of the molecule is CCCCn1c2ccccc2c2cc(C(=O)O)nc(C(C)C)c21. The van der Waals surface area contributed by atoms with Crippen molar-refractivity contribution in [3.8, 4) is 0 Å². The van der Waals surface area contributed by atoms with Gasteiger partial charge in [-0.05, 0) is 24.5 Å². The van der Waals surface area contributed by atoms with Gasteiger partial charge in [-0.2, -0.15) is 0 Å². The lowest BCUT2D eigenvalue weighted by Crippen LogP contribution is -2.07. The van der Waals surface area contributed by atoms with Gasteiger partial charge in [0.1, 0.15) is 5.69 Å². The number of rotatable bonds is 5.